The molecule has 0 unspecified atom stereocenters. The summed E-state index contributed by atoms with van der Waals surface area (Å²) in [4.78, 5) is 29.9. The van der Waals surface area contributed by atoms with Crippen molar-refractivity contribution in [1.82, 2.24) is 9.88 Å². The van der Waals surface area contributed by atoms with Gasteiger partial charge in [-0.15, -0.1) is 0 Å². The number of carbonyl (C=O) groups is 2. The first-order valence-corrected chi connectivity index (χ1v) is 9.54. The van der Waals surface area contributed by atoms with Gasteiger partial charge in [-0.2, -0.15) is 13.2 Å². The third-order valence-electron chi connectivity index (χ3n) is 4.20. The second kappa shape index (κ2) is 7.35. The fraction of sp³-hybridized carbons (Fsp3) is 0.235. The maximum atomic E-state index is 12.6. The summed E-state index contributed by atoms with van der Waals surface area (Å²) in [5.41, 5.74) is -4.88. The Kier molecular flexibility index (Phi) is 5.22. The molecule has 29 heavy (non-hydrogen) atoms. The van der Waals surface area contributed by atoms with Crippen LogP contribution in [-0.4, -0.2) is 49.4 Å². The third-order valence-corrected chi connectivity index (χ3v) is 5.70. The van der Waals surface area contributed by atoms with Gasteiger partial charge in [0.05, 0.1) is 30.4 Å². The Balaban J connectivity index is 1.83. The maximum Gasteiger partial charge on any atom is 0.501 e. The molecule has 2 heterocycles. The number of urea groups is 1. The van der Waals surface area contributed by atoms with E-state index in [-0.39, 0.29) is 18.8 Å². The van der Waals surface area contributed by atoms with E-state index in [1.165, 1.54) is 24.4 Å². The number of imide groups is 1. The van der Waals surface area contributed by atoms with E-state index in [1.807, 2.05) is 0 Å². The Morgan fingerprint density at radius 2 is 1.79 bits per heavy atom. The lowest BCUT2D eigenvalue weighted by atomic mass is 10.2. The summed E-state index contributed by atoms with van der Waals surface area (Å²) >= 11 is 0. The molecule has 0 bridgehead atoms. The Bertz CT molecular complexity index is 1050. The highest BCUT2D eigenvalue weighted by atomic mass is 32.2. The number of pyridine rings is 1. The normalized spacial score (nSPS) is 15.2. The van der Waals surface area contributed by atoms with Crippen molar-refractivity contribution >= 4 is 27.5 Å². The van der Waals surface area contributed by atoms with E-state index in [1.54, 1.807) is 6.07 Å². The van der Waals surface area contributed by atoms with Crippen molar-refractivity contribution in [3.8, 4) is 5.75 Å². The van der Waals surface area contributed by atoms with Crippen LogP contribution in [0, 0.1) is 0 Å². The molecular weight excluding hydrogens is 415 g/mol. The van der Waals surface area contributed by atoms with Crippen molar-refractivity contribution < 1.29 is 35.9 Å². The minimum Gasteiger partial charge on any atom is -0.495 e. The molecule has 8 nitrogen and oxygen atoms in total. The molecule has 0 N–H and O–H groups in total. The molecule has 3 rings (SSSR count). The first kappa shape index (κ1) is 20.6. The summed E-state index contributed by atoms with van der Waals surface area (Å²) in [5.74, 6) is -0.178. The number of ether oxygens (including phenoxy) is 1. The fourth-order valence-electron chi connectivity index (χ4n) is 2.76. The number of nitrogens with zero attached hydrogens (tertiary/aromatic N) is 3. The Labute approximate surface area is 163 Å². The van der Waals surface area contributed by atoms with Crippen molar-refractivity contribution in [3.63, 3.8) is 0 Å². The topological polar surface area (TPSA) is 96.9 Å². The molecule has 154 valence electrons. The molecule has 3 amide bonds. The average molecular weight is 429 g/mol. The van der Waals surface area contributed by atoms with E-state index >= 15 is 0 Å². The van der Waals surface area contributed by atoms with Crippen LogP contribution in [0.25, 0.3) is 0 Å². The summed E-state index contributed by atoms with van der Waals surface area (Å²) < 4.78 is 65.9. The van der Waals surface area contributed by atoms with E-state index in [4.69, 9.17) is 4.74 Å². The fourth-order valence-corrected chi connectivity index (χ4v) is 3.53. The Hall–Kier alpha value is -3.15. The largest absolute Gasteiger partial charge is 0.501 e. The molecule has 1 fully saturated rings. The van der Waals surface area contributed by atoms with E-state index in [9.17, 15) is 31.2 Å². The molecule has 1 aliphatic rings. The van der Waals surface area contributed by atoms with Crippen LogP contribution in [-0.2, 0) is 21.2 Å². The zero-order valence-electron chi connectivity index (χ0n) is 14.9. The number of benzene rings is 1. The Morgan fingerprint density at radius 3 is 2.38 bits per heavy atom. The van der Waals surface area contributed by atoms with Crippen LogP contribution in [0.3, 0.4) is 0 Å². The van der Waals surface area contributed by atoms with Gasteiger partial charge in [0, 0.05) is 11.8 Å². The molecule has 0 aliphatic carbocycles. The first-order valence-electron chi connectivity index (χ1n) is 8.06. The zero-order valence-corrected chi connectivity index (χ0v) is 15.7. The van der Waals surface area contributed by atoms with Gasteiger partial charge < -0.3 is 9.64 Å². The number of alkyl halides is 3. The van der Waals surface area contributed by atoms with Crippen LogP contribution in [0.4, 0.5) is 23.7 Å². The second-order valence-electron chi connectivity index (χ2n) is 6.00. The molecule has 0 radical (unpaired) electrons. The lowest BCUT2D eigenvalue weighted by Gasteiger charge is -2.18. The molecule has 2 aromatic rings. The van der Waals surface area contributed by atoms with Crippen LogP contribution in [0.15, 0.2) is 47.6 Å². The van der Waals surface area contributed by atoms with Gasteiger partial charge in [-0.3, -0.25) is 9.78 Å². The number of rotatable bonds is 5. The molecule has 12 heteroatoms. The zero-order chi connectivity index (χ0) is 21.4. The third kappa shape index (κ3) is 3.75. The standard InChI is InChI=1S/C17H14F3N3O5S/c1-28-14-8-21-7-6-11(14)9-22-10-15(24)23(16(22)25)12-2-4-13(5-3-12)29(26,27)17(18,19)20/h2-8H,9-10H2,1H3. The van der Waals surface area contributed by atoms with Gasteiger partial charge in [-0.05, 0) is 30.3 Å². The molecule has 1 aliphatic heterocycles. The van der Waals surface area contributed by atoms with Gasteiger partial charge in [0.2, 0.25) is 0 Å². The van der Waals surface area contributed by atoms with E-state index in [2.05, 4.69) is 4.98 Å². The Morgan fingerprint density at radius 1 is 1.14 bits per heavy atom. The average Bonchev–Trinajstić information content (AvgIpc) is 2.94. The van der Waals surface area contributed by atoms with Gasteiger partial charge >= 0.3 is 11.5 Å². The molecular formula is C17H14F3N3O5S. The number of methoxy groups -OCH3 is 1. The van der Waals surface area contributed by atoms with Crippen LogP contribution in [0.5, 0.6) is 5.75 Å². The molecule has 0 spiro atoms. The number of hydrogen-bond acceptors (Lipinski definition) is 6. The van der Waals surface area contributed by atoms with Crippen molar-refractivity contribution in [2.45, 2.75) is 16.9 Å². The SMILES string of the molecule is COc1cnccc1CN1CC(=O)N(c2ccc(S(=O)(=O)C(F)(F)F)cc2)C1=O. The molecule has 1 aromatic heterocycles. The highest BCUT2D eigenvalue weighted by Gasteiger charge is 2.47. The molecule has 1 saturated heterocycles. The highest BCUT2D eigenvalue weighted by molar-refractivity contribution is 7.92. The number of halogens is 3. The van der Waals surface area contributed by atoms with E-state index < -0.39 is 32.2 Å². The van der Waals surface area contributed by atoms with Gasteiger partial charge in [0.25, 0.3) is 15.7 Å². The molecule has 0 atom stereocenters. The monoisotopic (exact) mass is 429 g/mol. The highest BCUT2D eigenvalue weighted by Crippen LogP contribution is 2.32. The lowest BCUT2D eigenvalue weighted by molar-refractivity contribution is -0.116. The maximum absolute atomic E-state index is 12.6. The summed E-state index contributed by atoms with van der Waals surface area (Å²) in [5, 5.41) is 0. The smallest absolute Gasteiger partial charge is 0.495 e. The van der Waals surface area contributed by atoms with Gasteiger partial charge in [-0.25, -0.2) is 18.1 Å². The summed E-state index contributed by atoms with van der Waals surface area (Å²) in [6.45, 7) is -0.208. The first-order chi connectivity index (χ1) is 13.6. The second-order valence-corrected chi connectivity index (χ2v) is 7.94. The molecule has 1 aromatic carbocycles. The van der Waals surface area contributed by atoms with Crippen molar-refractivity contribution in [2.24, 2.45) is 0 Å². The predicted octanol–water partition coefficient (Wildman–Crippen LogP) is 2.35. The van der Waals surface area contributed by atoms with Gasteiger partial charge in [0.1, 0.15) is 12.3 Å². The van der Waals surface area contributed by atoms with Gasteiger partial charge in [-0.1, -0.05) is 0 Å². The predicted molar refractivity (Wildman–Crippen MR) is 93.8 cm³/mol. The number of anilines is 1. The van der Waals surface area contributed by atoms with Crippen molar-refractivity contribution in [1.29, 1.82) is 0 Å². The number of amides is 3. The summed E-state index contributed by atoms with van der Waals surface area (Å²) in [7, 11) is -4.09. The minimum absolute atomic E-state index is 0.0367. The quantitative estimate of drug-likeness (QED) is 0.677. The van der Waals surface area contributed by atoms with Gasteiger partial charge in [0.15, 0.2) is 0 Å². The van der Waals surface area contributed by atoms with Crippen LogP contribution in [0.1, 0.15) is 5.56 Å². The number of sulfone groups is 1. The van der Waals surface area contributed by atoms with Crippen LogP contribution < -0.4 is 9.64 Å². The number of carbonyl (C=O) groups excluding carboxylic acids is 2. The van der Waals surface area contributed by atoms with E-state index in [0.29, 0.717) is 23.4 Å². The van der Waals surface area contributed by atoms with Crippen molar-refractivity contribution in [3.05, 3.63) is 48.3 Å². The van der Waals surface area contributed by atoms with Crippen LogP contribution >= 0.6 is 0 Å². The summed E-state index contributed by atoms with van der Waals surface area (Å²) in [6.07, 6.45) is 2.95. The number of hydrogen-bond donors (Lipinski definition) is 0. The van der Waals surface area contributed by atoms with Crippen LogP contribution in [0.2, 0.25) is 0 Å². The minimum atomic E-state index is -5.52. The summed E-state index contributed by atoms with van der Waals surface area (Å²) in [6, 6.07) is 4.28. The van der Waals surface area contributed by atoms with Crippen molar-refractivity contribution in [2.75, 3.05) is 18.6 Å². The molecule has 0 saturated carbocycles. The lowest BCUT2D eigenvalue weighted by Crippen LogP contribution is -2.33. The number of aromatic nitrogens is 1. The van der Waals surface area contributed by atoms with E-state index in [0.717, 1.165) is 17.0 Å².